The Morgan fingerprint density at radius 2 is 1.61 bits per heavy atom. The van der Waals surface area contributed by atoms with Crippen molar-refractivity contribution in [2.45, 2.75) is 6.18 Å². The summed E-state index contributed by atoms with van der Waals surface area (Å²) in [5, 5.41) is 0. The Morgan fingerprint density at radius 3 is 2.22 bits per heavy atom. The monoisotopic (exact) mass is 317 g/mol. The number of rotatable bonds is 2. The Balaban J connectivity index is 2.33. The molecule has 18 heavy (non-hydrogen) atoms. The van der Waals surface area contributed by atoms with E-state index in [1.807, 2.05) is 30.3 Å². The number of hydrogen-bond acceptors (Lipinski definition) is 1. The second-order valence-electron chi connectivity index (χ2n) is 3.67. The molecule has 0 aliphatic rings. The van der Waals surface area contributed by atoms with Gasteiger partial charge in [0.1, 0.15) is 0 Å². The van der Waals surface area contributed by atoms with Gasteiger partial charge in [0.15, 0.2) is 0 Å². The molecule has 0 aliphatic carbocycles. The molecule has 0 fully saturated rings. The van der Waals surface area contributed by atoms with Crippen LogP contribution in [0.4, 0.5) is 18.9 Å². The van der Waals surface area contributed by atoms with Gasteiger partial charge >= 0.3 is 109 Å². The van der Waals surface area contributed by atoms with Crippen molar-refractivity contribution in [3.63, 3.8) is 0 Å². The van der Waals surface area contributed by atoms with Crippen LogP contribution >= 0.6 is 0 Å². The predicted octanol–water partition coefficient (Wildman–Crippen LogP) is 1.94. The Labute approximate surface area is 109 Å². The van der Waals surface area contributed by atoms with Crippen LogP contribution in [0, 0.1) is 0 Å². The van der Waals surface area contributed by atoms with Crippen LogP contribution in [0.2, 0.25) is 0 Å². The number of nitrogen functional groups attached to an aromatic ring is 1. The third-order valence-electron chi connectivity index (χ3n) is 2.31. The van der Waals surface area contributed by atoms with E-state index in [1.165, 1.54) is 6.07 Å². The van der Waals surface area contributed by atoms with Gasteiger partial charge < -0.3 is 0 Å². The fourth-order valence-corrected chi connectivity index (χ4v) is 3.34. The summed E-state index contributed by atoms with van der Waals surface area (Å²) in [5.74, 6) is 0. The van der Waals surface area contributed by atoms with E-state index in [1.54, 1.807) is 0 Å². The number of alkyl halides is 3. The molecule has 0 heterocycles. The van der Waals surface area contributed by atoms with Gasteiger partial charge in [-0.1, -0.05) is 0 Å². The Bertz CT molecular complexity index is 538. The van der Waals surface area contributed by atoms with Crippen molar-refractivity contribution in [2.75, 3.05) is 5.73 Å². The van der Waals surface area contributed by atoms with Crippen LogP contribution in [0.1, 0.15) is 5.56 Å². The van der Waals surface area contributed by atoms with Gasteiger partial charge in [-0.15, -0.1) is 0 Å². The quantitative estimate of drug-likeness (QED) is 0.665. The minimum atomic E-state index is -4.32. The fraction of sp³-hybridized carbons (Fsp3) is 0.0769. The summed E-state index contributed by atoms with van der Waals surface area (Å²) in [7, 11) is 0. The second-order valence-corrected chi connectivity index (χ2v) is 6.01. The Kier molecular flexibility index (Phi) is 3.64. The summed E-state index contributed by atoms with van der Waals surface area (Å²) in [4.78, 5) is 0. The average molecular weight is 316 g/mol. The van der Waals surface area contributed by atoms with E-state index >= 15 is 0 Å². The van der Waals surface area contributed by atoms with Crippen molar-refractivity contribution >= 4 is 29.6 Å². The van der Waals surface area contributed by atoms with Gasteiger partial charge in [-0.2, -0.15) is 0 Å². The molecule has 1 nitrogen and oxygen atoms in total. The molecule has 0 aromatic heterocycles. The SMILES string of the molecule is Nc1ccc(C(F)(F)F)cc1[Se]c1ccccc1. The summed E-state index contributed by atoms with van der Waals surface area (Å²) in [5.41, 5.74) is 5.49. The average Bonchev–Trinajstić information content (AvgIpc) is 2.32. The van der Waals surface area contributed by atoms with Crippen LogP contribution in [-0.4, -0.2) is 15.0 Å². The molecule has 5 heteroatoms. The number of benzene rings is 2. The minimum absolute atomic E-state index is 0.216. The van der Waals surface area contributed by atoms with Gasteiger partial charge in [0.2, 0.25) is 0 Å². The van der Waals surface area contributed by atoms with Crippen LogP contribution in [0.25, 0.3) is 0 Å². The first kappa shape index (κ1) is 13.0. The zero-order chi connectivity index (χ0) is 13.2. The third-order valence-corrected chi connectivity index (χ3v) is 4.58. The molecular weight excluding hydrogens is 306 g/mol. The van der Waals surface area contributed by atoms with Crippen LogP contribution in [0.3, 0.4) is 0 Å². The van der Waals surface area contributed by atoms with Gasteiger partial charge in [0, 0.05) is 0 Å². The number of anilines is 1. The van der Waals surface area contributed by atoms with E-state index in [9.17, 15) is 13.2 Å². The summed E-state index contributed by atoms with van der Waals surface area (Å²) in [6.07, 6.45) is -4.32. The van der Waals surface area contributed by atoms with Gasteiger partial charge in [-0.25, -0.2) is 0 Å². The second kappa shape index (κ2) is 5.04. The molecule has 0 unspecified atom stereocenters. The summed E-state index contributed by atoms with van der Waals surface area (Å²) >= 11 is -0.216. The van der Waals surface area contributed by atoms with Gasteiger partial charge in [0.05, 0.1) is 0 Å². The van der Waals surface area contributed by atoms with Crippen molar-refractivity contribution in [3.05, 3.63) is 54.1 Å². The topological polar surface area (TPSA) is 26.0 Å². The van der Waals surface area contributed by atoms with Gasteiger partial charge in [-0.05, 0) is 0 Å². The zero-order valence-electron chi connectivity index (χ0n) is 9.24. The van der Waals surface area contributed by atoms with E-state index in [0.29, 0.717) is 10.1 Å². The van der Waals surface area contributed by atoms with Crippen LogP contribution in [0.15, 0.2) is 48.5 Å². The molecule has 0 atom stereocenters. The first-order valence-corrected chi connectivity index (χ1v) is 6.88. The summed E-state index contributed by atoms with van der Waals surface area (Å²) < 4.78 is 39.4. The van der Waals surface area contributed by atoms with E-state index < -0.39 is 11.7 Å². The molecule has 2 aromatic carbocycles. The normalized spacial score (nSPS) is 11.5. The fourth-order valence-electron chi connectivity index (χ4n) is 1.41. The summed E-state index contributed by atoms with van der Waals surface area (Å²) in [6, 6.07) is 12.8. The van der Waals surface area contributed by atoms with Gasteiger partial charge in [0.25, 0.3) is 0 Å². The molecule has 0 saturated carbocycles. The standard InChI is InChI=1S/C13H10F3NSe/c14-13(15,16)9-6-7-11(17)12(8-9)18-10-4-2-1-3-5-10/h1-8H,17H2. The van der Waals surface area contributed by atoms with Gasteiger partial charge in [-0.3, -0.25) is 0 Å². The van der Waals surface area contributed by atoms with Crippen LogP contribution in [0.5, 0.6) is 0 Å². The van der Waals surface area contributed by atoms with E-state index in [2.05, 4.69) is 0 Å². The maximum atomic E-state index is 12.6. The number of halogens is 3. The van der Waals surface area contributed by atoms with Crippen molar-refractivity contribution in [1.29, 1.82) is 0 Å². The summed E-state index contributed by atoms with van der Waals surface area (Å²) in [6.45, 7) is 0. The van der Waals surface area contributed by atoms with Crippen LogP contribution < -0.4 is 14.7 Å². The molecule has 0 radical (unpaired) electrons. The molecule has 0 amide bonds. The first-order chi connectivity index (χ1) is 8.47. The first-order valence-electron chi connectivity index (χ1n) is 5.16. The van der Waals surface area contributed by atoms with Crippen molar-refractivity contribution in [2.24, 2.45) is 0 Å². The molecule has 0 saturated heterocycles. The molecule has 0 spiro atoms. The van der Waals surface area contributed by atoms with Crippen molar-refractivity contribution in [1.82, 2.24) is 0 Å². The Hall–Kier alpha value is -1.45. The Morgan fingerprint density at radius 1 is 0.944 bits per heavy atom. The molecular formula is C13H10F3NSe. The predicted molar refractivity (Wildman–Crippen MR) is 67.3 cm³/mol. The molecule has 0 aliphatic heterocycles. The van der Waals surface area contributed by atoms with Crippen molar-refractivity contribution < 1.29 is 13.2 Å². The molecule has 2 aromatic rings. The third kappa shape index (κ3) is 3.06. The molecule has 2 rings (SSSR count). The van der Waals surface area contributed by atoms with E-state index in [0.717, 1.165) is 16.6 Å². The van der Waals surface area contributed by atoms with E-state index in [4.69, 9.17) is 5.73 Å². The maximum absolute atomic E-state index is 12.6. The zero-order valence-corrected chi connectivity index (χ0v) is 11.0. The number of nitrogens with two attached hydrogens (primary N) is 1. The number of hydrogen-bond donors (Lipinski definition) is 1. The van der Waals surface area contributed by atoms with Crippen LogP contribution in [-0.2, 0) is 6.18 Å². The molecule has 0 bridgehead atoms. The van der Waals surface area contributed by atoms with E-state index in [-0.39, 0.29) is 15.0 Å². The van der Waals surface area contributed by atoms with Crippen molar-refractivity contribution in [3.8, 4) is 0 Å². The molecule has 2 N–H and O–H groups in total. The molecule has 94 valence electrons.